The molecule has 0 unspecified atom stereocenters. The molecular weight excluding hydrogens is 352 g/mol. The van der Waals surface area contributed by atoms with E-state index in [4.69, 9.17) is 0 Å². The first kappa shape index (κ1) is 20.5. The maximum Gasteiger partial charge on any atom is 0.119 e. The van der Waals surface area contributed by atoms with Crippen LogP contribution in [0.3, 0.4) is 0 Å². The zero-order valence-corrected chi connectivity index (χ0v) is 18.2. The minimum atomic E-state index is -0.0260. The summed E-state index contributed by atoms with van der Waals surface area (Å²) in [4.78, 5) is 0. The van der Waals surface area contributed by atoms with E-state index in [9.17, 15) is 10.2 Å². The van der Waals surface area contributed by atoms with Gasteiger partial charge in [0.15, 0.2) is 0 Å². The third-order valence-electron chi connectivity index (χ3n) is 8.48. The fraction of sp³-hybridized carbons (Fsp3) is 1.00. The van der Waals surface area contributed by atoms with Crippen molar-refractivity contribution in [3.05, 3.63) is 0 Å². The summed E-state index contributed by atoms with van der Waals surface area (Å²) in [6.45, 7) is 0. The van der Waals surface area contributed by atoms with Crippen molar-refractivity contribution in [1.82, 2.24) is 0 Å². The lowest BCUT2D eigenvalue weighted by molar-refractivity contribution is 0.128. The van der Waals surface area contributed by atoms with Gasteiger partial charge in [0.05, 0.1) is 12.2 Å². The van der Waals surface area contributed by atoms with Crippen LogP contribution in [0.4, 0.5) is 0 Å². The maximum atomic E-state index is 10.0. The zero-order chi connectivity index (χ0) is 18.6. The molecule has 0 aromatic rings. The molecule has 4 saturated carbocycles. The Kier molecular flexibility index (Phi) is 7.49. The molecule has 2 N–H and O–H groups in total. The van der Waals surface area contributed by atoms with Crippen molar-refractivity contribution in [2.75, 3.05) is 0 Å². The van der Waals surface area contributed by atoms with Crippen LogP contribution in [0, 0.1) is 11.8 Å². The van der Waals surface area contributed by atoms with Crippen molar-refractivity contribution in [3.63, 3.8) is 0 Å². The summed E-state index contributed by atoms with van der Waals surface area (Å²) >= 11 is 0. The highest BCUT2D eigenvalue weighted by molar-refractivity contribution is 7.98. The molecule has 0 aromatic carbocycles. The van der Waals surface area contributed by atoms with E-state index >= 15 is 0 Å². The Bertz CT molecular complexity index is 404. The van der Waals surface area contributed by atoms with E-state index in [1.165, 1.54) is 83.5 Å². The number of aliphatic hydroxyl groups excluding tert-OH is 2. The number of hydrogen-bond acceptors (Lipinski definition) is 2. The highest BCUT2D eigenvalue weighted by atomic mass is 32.2. The SMILES string of the molecule is OC1CCC([S+](C2CCC(O)CC2)C2CCC(C3CCCCC3)CC2)CC1. The van der Waals surface area contributed by atoms with Gasteiger partial charge in [-0.25, -0.2) is 0 Å². The molecule has 4 rings (SSSR count). The van der Waals surface area contributed by atoms with Gasteiger partial charge in [0.25, 0.3) is 0 Å². The number of hydrogen-bond donors (Lipinski definition) is 2. The largest absolute Gasteiger partial charge is 0.393 e. The van der Waals surface area contributed by atoms with Gasteiger partial charge in [-0.3, -0.25) is 0 Å². The van der Waals surface area contributed by atoms with Crippen LogP contribution in [0.5, 0.6) is 0 Å². The average Bonchev–Trinajstić information content (AvgIpc) is 2.72. The van der Waals surface area contributed by atoms with Gasteiger partial charge in [0.2, 0.25) is 0 Å². The standard InChI is InChI=1S/C24H43O2S/c25-20-8-14-23(15-9-20)27(24-16-10-21(26)11-17-24)22-12-6-19(7-13-22)18-4-2-1-3-5-18/h18-26H,1-17H2/q+1. The number of aliphatic hydroxyl groups is 2. The van der Waals surface area contributed by atoms with Crippen LogP contribution in [-0.2, 0) is 10.9 Å². The Hall–Kier alpha value is 0.270. The van der Waals surface area contributed by atoms with Crippen LogP contribution >= 0.6 is 0 Å². The van der Waals surface area contributed by atoms with Gasteiger partial charge in [-0.2, -0.15) is 0 Å². The molecule has 4 fully saturated rings. The molecule has 2 nitrogen and oxygen atoms in total. The first-order valence-electron chi connectivity index (χ1n) is 12.3. The molecule has 4 aliphatic carbocycles. The molecule has 0 saturated heterocycles. The second kappa shape index (κ2) is 9.85. The Balaban J connectivity index is 1.38. The highest BCUT2D eigenvalue weighted by Crippen LogP contribution is 2.44. The topological polar surface area (TPSA) is 40.5 Å². The predicted octanol–water partition coefficient (Wildman–Crippen LogP) is 5.35. The molecule has 0 amide bonds. The van der Waals surface area contributed by atoms with Crippen molar-refractivity contribution in [2.24, 2.45) is 11.8 Å². The predicted molar refractivity (Wildman–Crippen MR) is 116 cm³/mol. The summed E-state index contributed by atoms with van der Waals surface area (Å²) in [7, 11) is 0.544. The summed E-state index contributed by atoms with van der Waals surface area (Å²) in [5, 5.41) is 22.7. The Morgan fingerprint density at radius 1 is 0.407 bits per heavy atom. The molecule has 0 spiro atoms. The fourth-order valence-electron chi connectivity index (χ4n) is 6.89. The monoisotopic (exact) mass is 395 g/mol. The van der Waals surface area contributed by atoms with E-state index in [-0.39, 0.29) is 12.2 Å². The van der Waals surface area contributed by atoms with Crippen molar-refractivity contribution in [1.29, 1.82) is 0 Å². The van der Waals surface area contributed by atoms with Crippen LogP contribution in [0.15, 0.2) is 0 Å². The summed E-state index contributed by atoms with van der Waals surface area (Å²) in [6, 6.07) is 0. The average molecular weight is 396 g/mol. The quantitative estimate of drug-likeness (QED) is 0.630. The smallest absolute Gasteiger partial charge is 0.119 e. The minimum Gasteiger partial charge on any atom is -0.393 e. The lowest BCUT2D eigenvalue weighted by atomic mass is 9.73. The van der Waals surface area contributed by atoms with Gasteiger partial charge in [-0.15, -0.1) is 0 Å². The van der Waals surface area contributed by atoms with Crippen molar-refractivity contribution < 1.29 is 10.2 Å². The van der Waals surface area contributed by atoms with Gasteiger partial charge in [-0.05, 0) is 99.8 Å². The molecular formula is C24H43O2S+. The molecule has 156 valence electrons. The molecule has 0 aliphatic heterocycles. The second-order valence-corrected chi connectivity index (χ2v) is 13.0. The Morgan fingerprint density at radius 3 is 1.22 bits per heavy atom. The molecule has 0 radical (unpaired) electrons. The summed E-state index contributed by atoms with van der Waals surface area (Å²) in [5.74, 6) is 2.09. The van der Waals surface area contributed by atoms with E-state index in [0.717, 1.165) is 53.3 Å². The molecule has 0 atom stereocenters. The van der Waals surface area contributed by atoms with Gasteiger partial charge < -0.3 is 10.2 Å². The molecule has 3 heteroatoms. The second-order valence-electron chi connectivity index (χ2n) is 10.2. The van der Waals surface area contributed by atoms with Crippen molar-refractivity contribution in [3.8, 4) is 0 Å². The van der Waals surface area contributed by atoms with Crippen LogP contribution in [-0.4, -0.2) is 38.2 Å². The van der Waals surface area contributed by atoms with Crippen LogP contribution < -0.4 is 0 Å². The van der Waals surface area contributed by atoms with Gasteiger partial charge >= 0.3 is 0 Å². The van der Waals surface area contributed by atoms with E-state index in [1.54, 1.807) is 0 Å². The summed E-state index contributed by atoms with van der Waals surface area (Å²) < 4.78 is 0. The lowest BCUT2D eigenvalue weighted by Gasteiger charge is -2.40. The van der Waals surface area contributed by atoms with Gasteiger partial charge in [-0.1, -0.05) is 32.1 Å². The van der Waals surface area contributed by atoms with E-state index in [1.807, 2.05) is 0 Å². The van der Waals surface area contributed by atoms with Gasteiger partial charge in [0.1, 0.15) is 15.7 Å². The Morgan fingerprint density at radius 2 is 0.778 bits per heavy atom. The summed E-state index contributed by atoms with van der Waals surface area (Å²) in [5.41, 5.74) is 0. The third-order valence-corrected chi connectivity index (χ3v) is 12.2. The molecule has 4 aliphatic rings. The first-order chi connectivity index (χ1) is 13.2. The van der Waals surface area contributed by atoms with Gasteiger partial charge in [0, 0.05) is 0 Å². The molecule has 0 aromatic heterocycles. The number of rotatable bonds is 4. The normalized spacial score (nSPS) is 43.3. The highest BCUT2D eigenvalue weighted by Gasteiger charge is 2.47. The molecule has 0 heterocycles. The van der Waals surface area contributed by atoms with E-state index in [0.29, 0.717) is 10.9 Å². The molecule has 0 bridgehead atoms. The maximum absolute atomic E-state index is 10.0. The lowest BCUT2D eigenvalue weighted by Crippen LogP contribution is -2.46. The van der Waals surface area contributed by atoms with Crippen LogP contribution in [0.1, 0.15) is 109 Å². The van der Waals surface area contributed by atoms with Crippen LogP contribution in [0.2, 0.25) is 0 Å². The van der Waals surface area contributed by atoms with Crippen molar-refractivity contribution in [2.45, 2.75) is 137 Å². The minimum absolute atomic E-state index is 0.0260. The van der Waals surface area contributed by atoms with Crippen molar-refractivity contribution >= 4 is 10.9 Å². The van der Waals surface area contributed by atoms with E-state index in [2.05, 4.69) is 0 Å². The fourth-order valence-corrected chi connectivity index (χ4v) is 11.0. The van der Waals surface area contributed by atoms with E-state index < -0.39 is 0 Å². The summed E-state index contributed by atoms with van der Waals surface area (Å²) in [6.07, 6.45) is 22.7. The molecule has 27 heavy (non-hydrogen) atoms. The van der Waals surface area contributed by atoms with Crippen LogP contribution in [0.25, 0.3) is 0 Å². The third kappa shape index (κ3) is 5.25. The Labute approximate surface area is 170 Å². The first-order valence-corrected chi connectivity index (χ1v) is 13.7. The zero-order valence-electron chi connectivity index (χ0n) is 17.4.